The molecule has 1 atom stereocenters. The number of hydrogen-bond donors (Lipinski definition) is 3. The first-order valence-electron chi connectivity index (χ1n) is 8.13. The molecule has 2 aromatic rings. The summed E-state index contributed by atoms with van der Waals surface area (Å²) in [5.41, 5.74) is -4.83. The minimum Gasteiger partial charge on any atom is -0.369 e. The summed E-state index contributed by atoms with van der Waals surface area (Å²) in [4.78, 5) is 12.5. The molecule has 2 aromatic carbocycles. The Morgan fingerprint density at radius 2 is 1.62 bits per heavy atom. The Bertz CT molecular complexity index is 913. The van der Waals surface area contributed by atoms with Crippen molar-refractivity contribution in [3.05, 3.63) is 63.6 Å². The minimum atomic E-state index is -5.97. The van der Waals surface area contributed by atoms with E-state index in [1.165, 1.54) is 0 Å². The first kappa shape index (κ1) is 21.6. The SMILES string of the molecule is O=C(Nc1ccc(C(O)(C(F)(F)F)C(F)(F)F)cc1)C1NCc2cc(Br)ccc21. The van der Waals surface area contributed by atoms with Crippen LogP contribution in [0, 0.1) is 0 Å². The van der Waals surface area contributed by atoms with Crippen molar-refractivity contribution in [2.24, 2.45) is 0 Å². The maximum atomic E-state index is 12.9. The molecule has 0 radical (unpaired) electrons. The van der Waals surface area contributed by atoms with Gasteiger partial charge in [-0.05, 0) is 35.4 Å². The van der Waals surface area contributed by atoms with Gasteiger partial charge in [-0.3, -0.25) is 10.1 Å². The summed E-state index contributed by atoms with van der Waals surface area (Å²) in [5.74, 6) is -0.527. The Hall–Kier alpha value is -2.11. The van der Waals surface area contributed by atoms with E-state index in [9.17, 15) is 36.2 Å². The largest absolute Gasteiger partial charge is 0.430 e. The molecule has 1 unspecified atom stereocenters. The number of carbonyl (C=O) groups excluding carboxylic acids is 1. The Morgan fingerprint density at radius 1 is 1.03 bits per heavy atom. The van der Waals surface area contributed by atoms with Gasteiger partial charge in [0.05, 0.1) is 0 Å². The number of rotatable bonds is 3. The molecule has 1 amide bonds. The van der Waals surface area contributed by atoms with Gasteiger partial charge in [0.2, 0.25) is 5.91 Å². The van der Waals surface area contributed by atoms with Gasteiger partial charge in [-0.2, -0.15) is 26.3 Å². The van der Waals surface area contributed by atoms with Gasteiger partial charge >= 0.3 is 12.4 Å². The number of carbonyl (C=O) groups is 1. The number of aliphatic hydroxyl groups is 1. The highest BCUT2D eigenvalue weighted by Crippen LogP contribution is 2.50. The van der Waals surface area contributed by atoms with Crippen LogP contribution in [-0.2, 0) is 16.9 Å². The average Bonchev–Trinajstić information content (AvgIpc) is 3.02. The van der Waals surface area contributed by atoms with E-state index < -0.39 is 35.5 Å². The maximum Gasteiger partial charge on any atom is 0.430 e. The molecule has 1 aliphatic heterocycles. The highest BCUT2D eigenvalue weighted by Gasteiger charge is 2.71. The molecule has 0 saturated carbocycles. The topological polar surface area (TPSA) is 61.4 Å². The summed E-state index contributed by atoms with van der Waals surface area (Å²) in [7, 11) is 0. The highest BCUT2D eigenvalue weighted by atomic mass is 79.9. The fourth-order valence-electron chi connectivity index (χ4n) is 3.06. The first-order chi connectivity index (χ1) is 13.3. The van der Waals surface area contributed by atoms with E-state index in [4.69, 9.17) is 0 Å². The third kappa shape index (κ3) is 3.86. The molecular formula is C18H13BrF6N2O2. The summed E-state index contributed by atoms with van der Waals surface area (Å²) >= 11 is 3.32. The van der Waals surface area contributed by atoms with Crippen LogP contribution in [0.3, 0.4) is 0 Å². The van der Waals surface area contributed by atoms with Gasteiger partial charge in [-0.1, -0.05) is 34.1 Å². The van der Waals surface area contributed by atoms with Crippen LogP contribution in [0.15, 0.2) is 46.9 Å². The molecule has 156 valence electrons. The van der Waals surface area contributed by atoms with Gasteiger partial charge in [0.1, 0.15) is 6.04 Å². The molecule has 3 rings (SSSR count). The van der Waals surface area contributed by atoms with Gasteiger partial charge in [-0.25, -0.2) is 0 Å². The predicted octanol–water partition coefficient (Wildman–Crippen LogP) is 4.54. The normalized spacial score (nSPS) is 17.2. The number of nitrogens with one attached hydrogen (secondary N) is 2. The third-order valence-electron chi connectivity index (χ3n) is 4.57. The average molecular weight is 483 g/mol. The number of alkyl halides is 6. The second kappa shape index (κ2) is 7.29. The van der Waals surface area contributed by atoms with E-state index in [0.717, 1.165) is 22.2 Å². The van der Waals surface area contributed by atoms with Gasteiger partial charge in [0, 0.05) is 22.3 Å². The monoisotopic (exact) mass is 482 g/mol. The zero-order chi connectivity index (χ0) is 21.6. The van der Waals surface area contributed by atoms with Gasteiger partial charge < -0.3 is 10.4 Å². The minimum absolute atomic E-state index is 0.0159. The van der Waals surface area contributed by atoms with Crippen molar-refractivity contribution in [1.82, 2.24) is 5.32 Å². The molecule has 0 bridgehead atoms. The van der Waals surface area contributed by atoms with Crippen molar-refractivity contribution >= 4 is 27.5 Å². The lowest BCUT2D eigenvalue weighted by molar-refractivity contribution is -0.376. The number of halogens is 7. The Labute approximate surface area is 169 Å². The summed E-state index contributed by atoms with van der Waals surface area (Å²) in [5, 5.41) is 14.8. The predicted molar refractivity (Wildman–Crippen MR) is 94.8 cm³/mol. The number of hydrogen-bond acceptors (Lipinski definition) is 3. The lowest BCUT2D eigenvalue weighted by Crippen LogP contribution is -2.53. The smallest absolute Gasteiger partial charge is 0.369 e. The Kier molecular flexibility index (Phi) is 5.43. The van der Waals surface area contributed by atoms with Gasteiger partial charge in [-0.15, -0.1) is 0 Å². The molecule has 1 aliphatic rings. The van der Waals surface area contributed by atoms with E-state index in [1.807, 2.05) is 6.07 Å². The van der Waals surface area contributed by atoms with Crippen LogP contribution in [0.5, 0.6) is 0 Å². The summed E-state index contributed by atoms with van der Waals surface area (Å²) in [6, 6.07) is 7.28. The van der Waals surface area contributed by atoms with Crippen molar-refractivity contribution < 1.29 is 36.2 Å². The molecule has 1 heterocycles. The van der Waals surface area contributed by atoms with Crippen molar-refractivity contribution in [1.29, 1.82) is 0 Å². The summed E-state index contributed by atoms with van der Waals surface area (Å²) in [6.45, 7) is 0.427. The lowest BCUT2D eigenvalue weighted by Gasteiger charge is -2.32. The Balaban J connectivity index is 1.81. The summed E-state index contributed by atoms with van der Waals surface area (Å²) in [6.07, 6.45) is -11.9. The molecule has 4 nitrogen and oxygen atoms in total. The van der Waals surface area contributed by atoms with Crippen LogP contribution in [0.1, 0.15) is 22.7 Å². The first-order valence-corrected chi connectivity index (χ1v) is 8.93. The van der Waals surface area contributed by atoms with E-state index in [0.29, 0.717) is 24.2 Å². The number of anilines is 1. The third-order valence-corrected chi connectivity index (χ3v) is 5.06. The zero-order valence-corrected chi connectivity index (χ0v) is 15.9. The maximum absolute atomic E-state index is 12.9. The van der Waals surface area contributed by atoms with E-state index in [1.54, 1.807) is 12.1 Å². The van der Waals surface area contributed by atoms with Crippen LogP contribution in [0.4, 0.5) is 32.0 Å². The Morgan fingerprint density at radius 3 is 2.17 bits per heavy atom. The number of fused-ring (bicyclic) bond motifs is 1. The zero-order valence-electron chi connectivity index (χ0n) is 14.3. The van der Waals surface area contributed by atoms with E-state index >= 15 is 0 Å². The second-order valence-corrected chi connectivity index (χ2v) is 7.35. The molecule has 0 aromatic heterocycles. The van der Waals surface area contributed by atoms with Crippen molar-refractivity contribution in [2.75, 3.05) is 5.32 Å². The van der Waals surface area contributed by atoms with Crippen molar-refractivity contribution in [3.8, 4) is 0 Å². The van der Waals surface area contributed by atoms with Crippen LogP contribution in [-0.4, -0.2) is 23.4 Å². The van der Waals surface area contributed by atoms with E-state index in [-0.39, 0.29) is 5.69 Å². The molecule has 29 heavy (non-hydrogen) atoms. The van der Waals surface area contributed by atoms with Gasteiger partial charge in [0.15, 0.2) is 0 Å². The highest BCUT2D eigenvalue weighted by molar-refractivity contribution is 9.10. The number of amides is 1. The fourth-order valence-corrected chi connectivity index (χ4v) is 3.47. The molecule has 0 fully saturated rings. The van der Waals surface area contributed by atoms with Crippen LogP contribution in [0.2, 0.25) is 0 Å². The molecule has 3 N–H and O–H groups in total. The van der Waals surface area contributed by atoms with Crippen LogP contribution < -0.4 is 10.6 Å². The van der Waals surface area contributed by atoms with E-state index in [2.05, 4.69) is 26.6 Å². The van der Waals surface area contributed by atoms with Gasteiger partial charge in [0.25, 0.3) is 5.60 Å². The molecule has 0 saturated heterocycles. The van der Waals surface area contributed by atoms with Crippen LogP contribution in [0.25, 0.3) is 0 Å². The van der Waals surface area contributed by atoms with Crippen molar-refractivity contribution in [2.45, 2.75) is 30.5 Å². The molecule has 0 aliphatic carbocycles. The van der Waals surface area contributed by atoms with Crippen molar-refractivity contribution in [3.63, 3.8) is 0 Å². The lowest BCUT2D eigenvalue weighted by atomic mass is 9.92. The number of benzene rings is 2. The van der Waals surface area contributed by atoms with Crippen LogP contribution >= 0.6 is 15.9 Å². The standard InChI is InChI=1S/C18H13BrF6N2O2/c19-11-3-6-13-9(7-11)8-26-14(13)15(28)27-12-4-1-10(2-5-12)16(29,17(20,21)22)18(23,24)25/h1-7,14,26,29H,8H2,(H,27,28). The molecule has 11 heteroatoms. The molecular weight excluding hydrogens is 470 g/mol. The second-order valence-electron chi connectivity index (χ2n) is 6.43. The quantitative estimate of drug-likeness (QED) is 0.562. The fraction of sp³-hybridized carbons (Fsp3) is 0.278. The molecule has 0 spiro atoms. The summed E-state index contributed by atoms with van der Waals surface area (Å²) < 4.78 is 78.3.